The summed E-state index contributed by atoms with van der Waals surface area (Å²) in [6.45, 7) is 3.91. The summed E-state index contributed by atoms with van der Waals surface area (Å²) < 4.78 is 54.2. The molecule has 198 valence electrons. The van der Waals surface area contributed by atoms with Crippen LogP contribution in [0.3, 0.4) is 0 Å². The summed E-state index contributed by atoms with van der Waals surface area (Å²) in [5.74, 6) is 0.609. The molecule has 0 atom stereocenters. The number of aryl methyl sites for hydroxylation is 2. The summed E-state index contributed by atoms with van der Waals surface area (Å²) in [4.78, 5) is 8.46. The van der Waals surface area contributed by atoms with Crippen LogP contribution in [0.5, 0.6) is 11.5 Å². The highest BCUT2D eigenvalue weighted by Crippen LogP contribution is 2.36. The zero-order chi connectivity index (χ0) is 27.7. The van der Waals surface area contributed by atoms with Gasteiger partial charge in [0.05, 0.1) is 31.3 Å². The first-order valence-corrected chi connectivity index (χ1v) is 12.1. The van der Waals surface area contributed by atoms with Crippen molar-refractivity contribution < 1.29 is 22.6 Å². The summed E-state index contributed by atoms with van der Waals surface area (Å²) in [6.07, 6.45) is -4.71. The van der Waals surface area contributed by atoms with E-state index in [1.165, 1.54) is 18.9 Å². The molecular weight excluding hydrogens is 505 g/mol. The van der Waals surface area contributed by atoms with Crippen molar-refractivity contribution in [1.82, 2.24) is 19.7 Å². The summed E-state index contributed by atoms with van der Waals surface area (Å²) in [7, 11) is 2.94. The molecule has 0 amide bonds. The number of alkyl halides is 3. The van der Waals surface area contributed by atoms with Crippen molar-refractivity contribution in [2.75, 3.05) is 14.2 Å². The molecule has 6 nitrogen and oxygen atoms in total. The van der Waals surface area contributed by atoms with Gasteiger partial charge in [-0.3, -0.25) is 0 Å². The Balaban J connectivity index is 1.76. The van der Waals surface area contributed by atoms with Gasteiger partial charge in [0.25, 0.3) is 5.95 Å². The summed E-state index contributed by atoms with van der Waals surface area (Å²) in [5.41, 5.74) is 4.17. The summed E-state index contributed by atoms with van der Waals surface area (Å²) in [6, 6.07) is 23.0. The molecule has 5 aromatic rings. The molecule has 9 heteroatoms. The normalized spacial score (nSPS) is 11.5. The van der Waals surface area contributed by atoms with E-state index in [1.54, 1.807) is 18.2 Å². The van der Waals surface area contributed by atoms with Gasteiger partial charge in [0, 0.05) is 16.7 Å². The number of nitrogens with zero attached hydrogens (tertiary/aromatic N) is 4. The summed E-state index contributed by atoms with van der Waals surface area (Å²) >= 11 is 0. The maximum absolute atomic E-state index is 14.1. The Bertz CT molecular complexity index is 1660. The maximum atomic E-state index is 14.1. The molecule has 2 heterocycles. The van der Waals surface area contributed by atoms with Crippen LogP contribution in [0.25, 0.3) is 39.7 Å². The average molecular weight is 531 g/mol. The Kier molecular flexibility index (Phi) is 6.82. The smallest absolute Gasteiger partial charge is 0.433 e. The largest absolute Gasteiger partial charge is 0.493 e. The van der Waals surface area contributed by atoms with Gasteiger partial charge in [-0.25, -0.2) is 9.97 Å². The zero-order valence-corrected chi connectivity index (χ0v) is 21.7. The first kappa shape index (κ1) is 26.0. The molecule has 3 aromatic carbocycles. The van der Waals surface area contributed by atoms with Gasteiger partial charge in [0.2, 0.25) is 0 Å². The molecule has 0 spiro atoms. The first-order chi connectivity index (χ1) is 18.7. The molecule has 0 aliphatic carbocycles. The SMILES string of the molecule is COc1ccc(-c2cc(C(F)(F)F)nc(-n3nc(-c4cccc(C)c4)cc3-c3cccc(C)c3)n2)cc1OC. The van der Waals surface area contributed by atoms with E-state index in [4.69, 9.17) is 14.6 Å². The third kappa shape index (κ3) is 5.34. The van der Waals surface area contributed by atoms with E-state index < -0.39 is 11.9 Å². The van der Waals surface area contributed by atoms with Crippen molar-refractivity contribution in [1.29, 1.82) is 0 Å². The minimum Gasteiger partial charge on any atom is -0.493 e. The van der Waals surface area contributed by atoms with E-state index in [0.717, 1.165) is 28.3 Å². The molecule has 0 bridgehead atoms. The van der Waals surface area contributed by atoms with Crippen molar-refractivity contribution in [2.45, 2.75) is 20.0 Å². The number of aromatic nitrogens is 4. The van der Waals surface area contributed by atoms with Crippen LogP contribution in [0.4, 0.5) is 13.2 Å². The number of halogens is 3. The van der Waals surface area contributed by atoms with Crippen LogP contribution in [0.1, 0.15) is 16.8 Å². The second-order valence-electron chi connectivity index (χ2n) is 9.07. The Labute approximate surface area is 223 Å². The van der Waals surface area contributed by atoms with E-state index in [0.29, 0.717) is 28.5 Å². The molecule has 0 radical (unpaired) electrons. The number of hydrogen-bond acceptors (Lipinski definition) is 5. The van der Waals surface area contributed by atoms with Gasteiger partial charge in [0.15, 0.2) is 17.2 Å². The molecule has 0 aliphatic heterocycles. The Morgan fingerprint density at radius 2 is 1.31 bits per heavy atom. The third-order valence-electron chi connectivity index (χ3n) is 6.21. The van der Waals surface area contributed by atoms with E-state index in [1.807, 2.05) is 68.4 Å². The topological polar surface area (TPSA) is 62.1 Å². The fraction of sp³-hybridized carbons (Fsp3) is 0.167. The lowest BCUT2D eigenvalue weighted by atomic mass is 10.1. The van der Waals surface area contributed by atoms with E-state index in [-0.39, 0.29) is 11.6 Å². The van der Waals surface area contributed by atoms with Crippen LogP contribution in [0.2, 0.25) is 0 Å². The minimum atomic E-state index is -4.71. The molecule has 39 heavy (non-hydrogen) atoms. The maximum Gasteiger partial charge on any atom is 0.433 e. The van der Waals surface area contributed by atoms with Crippen molar-refractivity contribution in [2.24, 2.45) is 0 Å². The molecule has 0 unspecified atom stereocenters. The number of hydrogen-bond donors (Lipinski definition) is 0. The van der Waals surface area contributed by atoms with Crippen LogP contribution in [0.15, 0.2) is 78.9 Å². The molecule has 0 aliphatic rings. The van der Waals surface area contributed by atoms with Crippen LogP contribution in [-0.4, -0.2) is 34.0 Å². The van der Waals surface area contributed by atoms with Gasteiger partial charge in [-0.15, -0.1) is 0 Å². The molecule has 0 fully saturated rings. The number of benzene rings is 3. The molecule has 0 saturated carbocycles. The number of methoxy groups -OCH3 is 2. The van der Waals surface area contributed by atoms with Crippen LogP contribution in [0, 0.1) is 13.8 Å². The quantitative estimate of drug-likeness (QED) is 0.230. The predicted octanol–water partition coefficient (Wildman–Crippen LogP) is 7.32. The molecule has 0 N–H and O–H groups in total. The minimum absolute atomic E-state index is 0.0658. The van der Waals surface area contributed by atoms with Crippen LogP contribution < -0.4 is 9.47 Å². The number of rotatable bonds is 6. The van der Waals surface area contributed by atoms with Gasteiger partial charge >= 0.3 is 6.18 Å². The van der Waals surface area contributed by atoms with Gasteiger partial charge < -0.3 is 9.47 Å². The Morgan fingerprint density at radius 3 is 1.95 bits per heavy atom. The van der Waals surface area contributed by atoms with Crippen molar-refractivity contribution in [3.63, 3.8) is 0 Å². The second kappa shape index (κ2) is 10.2. The van der Waals surface area contributed by atoms with Crippen LogP contribution in [-0.2, 0) is 6.18 Å². The Hall–Kier alpha value is -4.66. The molecular formula is C30H25F3N4O2. The highest BCUT2D eigenvalue weighted by atomic mass is 19.4. The lowest BCUT2D eigenvalue weighted by Gasteiger charge is -2.14. The Morgan fingerprint density at radius 1 is 0.667 bits per heavy atom. The van der Waals surface area contributed by atoms with Crippen LogP contribution >= 0.6 is 0 Å². The zero-order valence-electron chi connectivity index (χ0n) is 21.7. The number of ether oxygens (including phenoxy) is 2. The molecule has 5 rings (SSSR count). The first-order valence-electron chi connectivity index (χ1n) is 12.1. The predicted molar refractivity (Wildman–Crippen MR) is 143 cm³/mol. The van der Waals surface area contributed by atoms with Gasteiger partial charge in [-0.2, -0.15) is 23.0 Å². The second-order valence-corrected chi connectivity index (χ2v) is 9.07. The van der Waals surface area contributed by atoms with E-state index in [9.17, 15) is 13.2 Å². The fourth-order valence-corrected chi connectivity index (χ4v) is 4.31. The van der Waals surface area contributed by atoms with E-state index in [2.05, 4.69) is 9.97 Å². The summed E-state index contributed by atoms with van der Waals surface area (Å²) in [5, 5.41) is 4.70. The van der Waals surface area contributed by atoms with Gasteiger partial charge in [-0.05, 0) is 56.3 Å². The molecule has 0 saturated heterocycles. The molecule has 2 aromatic heterocycles. The van der Waals surface area contributed by atoms with Crippen molar-refractivity contribution >= 4 is 0 Å². The van der Waals surface area contributed by atoms with Gasteiger partial charge in [-0.1, -0.05) is 47.5 Å². The van der Waals surface area contributed by atoms with Crippen molar-refractivity contribution in [3.8, 4) is 51.2 Å². The highest BCUT2D eigenvalue weighted by molar-refractivity contribution is 5.71. The monoisotopic (exact) mass is 530 g/mol. The average Bonchev–Trinajstić information content (AvgIpc) is 3.38. The third-order valence-corrected chi connectivity index (χ3v) is 6.21. The van der Waals surface area contributed by atoms with Crippen molar-refractivity contribution in [3.05, 3.63) is 95.7 Å². The van der Waals surface area contributed by atoms with Gasteiger partial charge in [0.1, 0.15) is 0 Å². The van der Waals surface area contributed by atoms with E-state index >= 15 is 0 Å². The standard InChI is InChI=1S/C30H25F3N4O2/c1-18-7-5-9-20(13-18)24-16-25(22-10-6-8-19(2)14-22)37(36-24)29-34-23(17-28(35-29)30(31,32)33)21-11-12-26(38-3)27(15-21)39-4/h5-17H,1-4H3. The lowest BCUT2D eigenvalue weighted by Crippen LogP contribution is -2.14. The highest BCUT2D eigenvalue weighted by Gasteiger charge is 2.34. The fourth-order valence-electron chi connectivity index (χ4n) is 4.31. The lowest BCUT2D eigenvalue weighted by molar-refractivity contribution is -0.141.